The largest absolute Gasteiger partial charge is 0.330 e. The third-order valence-electron chi connectivity index (χ3n) is 3.55. The molecule has 0 radical (unpaired) electrons. The first kappa shape index (κ1) is 15.2. The number of likely N-dealkylation sites (N-methyl/N-ethyl adjacent to an activating group) is 1. The average Bonchev–Trinajstić information content (AvgIpc) is 2.30. The lowest BCUT2D eigenvalue weighted by Crippen LogP contribution is -2.27. The van der Waals surface area contributed by atoms with Crippen molar-refractivity contribution in [2.45, 2.75) is 33.6 Å². The van der Waals surface area contributed by atoms with Crippen molar-refractivity contribution in [3.8, 4) is 0 Å². The van der Waals surface area contributed by atoms with E-state index in [4.69, 9.17) is 5.73 Å². The third-order valence-corrected chi connectivity index (χ3v) is 3.55. The lowest BCUT2D eigenvalue weighted by molar-refractivity contribution is 0.283. The topological polar surface area (TPSA) is 29.3 Å². The molecule has 1 aromatic rings. The molecular weight excluding hydrogens is 220 g/mol. The first-order valence-electron chi connectivity index (χ1n) is 6.97. The number of nitrogens with zero attached hydrogens (tertiary/aromatic N) is 1. The van der Waals surface area contributed by atoms with Crippen LogP contribution in [0, 0.1) is 19.8 Å². The highest BCUT2D eigenvalue weighted by Gasteiger charge is 2.06. The molecule has 0 saturated heterocycles. The van der Waals surface area contributed by atoms with Crippen molar-refractivity contribution in [2.24, 2.45) is 11.7 Å². The lowest BCUT2D eigenvalue weighted by Gasteiger charge is -2.21. The molecule has 1 atom stereocenters. The zero-order valence-electron chi connectivity index (χ0n) is 12.4. The van der Waals surface area contributed by atoms with Gasteiger partial charge in [-0.3, -0.25) is 0 Å². The molecule has 2 N–H and O–H groups in total. The second kappa shape index (κ2) is 7.55. The van der Waals surface area contributed by atoms with Gasteiger partial charge in [0.05, 0.1) is 0 Å². The highest BCUT2D eigenvalue weighted by atomic mass is 15.1. The van der Waals surface area contributed by atoms with E-state index in [0.717, 1.165) is 32.5 Å². The Bertz CT molecular complexity index is 360. The van der Waals surface area contributed by atoms with Crippen LogP contribution in [0.5, 0.6) is 0 Å². The zero-order valence-corrected chi connectivity index (χ0v) is 12.4. The number of nitrogens with two attached hydrogens (primary N) is 1. The number of rotatable bonds is 7. The lowest BCUT2D eigenvalue weighted by atomic mass is 10.0. The zero-order chi connectivity index (χ0) is 13.5. The molecule has 1 unspecified atom stereocenters. The van der Waals surface area contributed by atoms with Crippen molar-refractivity contribution < 1.29 is 0 Å². The minimum absolute atomic E-state index is 0.693. The molecule has 102 valence electrons. The average molecular weight is 248 g/mol. The van der Waals surface area contributed by atoms with E-state index in [1.807, 2.05) is 0 Å². The molecule has 2 heteroatoms. The van der Waals surface area contributed by atoms with E-state index < -0.39 is 0 Å². The maximum Gasteiger partial charge on any atom is 0.00190 e. The molecule has 1 aromatic carbocycles. The number of aryl methyl sites for hydroxylation is 2. The minimum Gasteiger partial charge on any atom is -0.330 e. The van der Waals surface area contributed by atoms with Crippen molar-refractivity contribution in [1.29, 1.82) is 0 Å². The van der Waals surface area contributed by atoms with Gasteiger partial charge in [0.25, 0.3) is 0 Å². The van der Waals surface area contributed by atoms with Crippen molar-refractivity contribution >= 4 is 0 Å². The molecule has 0 aliphatic carbocycles. The standard InChI is InChI=1S/C16H28N2/c1-13-5-6-15(3)16(11-13)8-10-18(4)12-14(2)7-9-17/h5-6,11,14H,7-10,12,17H2,1-4H3. The Morgan fingerprint density at radius 2 is 2.00 bits per heavy atom. The molecule has 18 heavy (non-hydrogen) atoms. The van der Waals surface area contributed by atoms with Gasteiger partial charge in [-0.05, 0) is 57.3 Å². The van der Waals surface area contributed by atoms with E-state index >= 15 is 0 Å². The molecule has 1 rings (SSSR count). The van der Waals surface area contributed by atoms with Crippen LogP contribution in [0.1, 0.15) is 30.0 Å². The van der Waals surface area contributed by atoms with Gasteiger partial charge in [-0.1, -0.05) is 30.7 Å². The van der Waals surface area contributed by atoms with Crippen LogP contribution in [0.4, 0.5) is 0 Å². The van der Waals surface area contributed by atoms with Gasteiger partial charge in [0.1, 0.15) is 0 Å². The monoisotopic (exact) mass is 248 g/mol. The highest BCUT2D eigenvalue weighted by molar-refractivity contribution is 5.30. The second-order valence-electron chi connectivity index (χ2n) is 5.62. The molecule has 0 aliphatic rings. The smallest absolute Gasteiger partial charge is 0.00190 e. The van der Waals surface area contributed by atoms with Gasteiger partial charge in [0.15, 0.2) is 0 Å². The Hall–Kier alpha value is -0.860. The fourth-order valence-corrected chi connectivity index (χ4v) is 2.38. The SMILES string of the molecule is Cc1ccc(C)c(CCN(C)CC(C)CCN)c1. The summed E-state index contributed by atoms with van der Waals surface area (Å²) in [6.45, 7) is 9.70. The van der Waals surface area contributed by atoms with Crippen LogP contribution in [0.3, 0.4) is 0 Å². The van der Waals surface area contributed by atoms with Crippen molar-refractivity contribution in [3.63, 3.8) is 0 Å². The highest BCUT2D eigenvalue weighted by Crippen LogP contribution is 2.12. The molecule has 0 aliphatic heterocycles. The van der Waals surface area contributed by atoms with E-state index in [0.29, 0.717) is 5.92 Å². The summed E-state index contributed by atoms with van der Waals surface area (Å²) in [6, 6.07) is 6.72. The molecule has 0 aromatic heterocycles. The van der Waals surface area contributed by atoms with Gasteiger partial charge in [-0.15, -0.1) is 0 Å². The summed E-state index contributed by atoms with van der Waals surface area (Å²) in [4.78, 5) is 2.42. The summed E-state index contributed by atoms with van der Waals surface area (Å²) >= 11 is 0. The third kappa shape index (κ3) is 5.19. The van der Waals surface area contributed by atoms with Crippen molar-refractivity contribution in [1.82, 2.24) is 4.90 Å². The fourth-order valence-electron chi connectivity index (χ4n) is 2.38. The van der Waals surface area contributed by atoms with E-state index in [1.54, 1.807) is 0 Å². The van der Waals surface area contributed by atoms with Gasteiger partial charge in [0, 0.05) is 13.1 Å². The van der Waals surface area contributed by atoms with Crippen LogP contribution in [-0.2, 0) is 6.42 Å². The van der Waals surface area contributed by atoms with Crippen LogP contribution in [-0.4, -0.2) is 31.6 Å². The maximum absolute atomic E-state index is 5.59. The van der Waals surface area contributed by atoms with Gasteiger partial charge in [-0.2, -0.15) is 0 Å². The number of hydrogen-bond donors (Lipinski definition) is 1. The Labute approximate surface area is 112 Å². The van der Waals surface area contributed by atoms with E-state index in [1.165, 1.54) is 16.7 Å². The summed E-state index contributed by atoms with van der Waals surface area (Å²) in [5, 5.41) is 0. The molecule has 0 heterocycles. The summed E-state index contributed by atoms with van der Waals surface area (Å²) in [6.07, 6.45) is 2.26. The maximum atomic E-state index is 5.59. The summed E-state index contributed by atoms with van der Waals surface area (Å²) in [7, 11) is 2.21. The summed E-state index contributed by atoms with van der Waals surface area (Å²) in [5.41, 5.74) is 9.83. The van der Waals surface area contributed by atoms with Crippen LogP contribution in [0.15, 0.2) is 18.2 Å². The number of hydrogen-bond acceptors (Lipinski definition) is 2. The molecule has 2 nitrogen and oxygen atoms in total. The van der Waals surface area contributed by atoms with Crippen molar-refractivity contribution in [2.75, 3.05) is 26.7 Å². The van der Waals surface area contributed by atoms with E-state index in [2.05, 4.69) is 50.9 Å². The molecule has 0 bridgehead atoms. The minimum atomic E-state index is 0.693. The molecule has 0 fully saturated rings. The van der Waals surface area contributed by atoms with Crippen LogP contribution < -0.4 is 5.73 Å². The van der Waals surface area contributed by atoms with E-state index in [9.17, 15) is 0 Å². The predicted molar refractivity (Wildman–Crippen MR) is 80.0 cm³/mol. The van der Waals surface area contributed by atoms with Gasteiger partial charge >= 0.3 is 0 Å². The Balaban J connectivity index is 2.42. The predicted octanol–water partition coefficient (Wildman–Crippen LogP) is 2.76. The quantitative estimate of drug-likeness (QED) is 0.804. The first-order chi connectivity index (χ1) is 8.52. The van der Waals surface area contributed by atoms with E-state index in [-0.39, 0.29) is 0 Å². The van der Waals surface area contributed by atoms with Gasteiger partial charge in [0.2, 0.25) is 0 Å². The Kier molecular flexibility index (Phi) is 6.37. The summed E-state index contributed by atoms with van der Waals surface area (Å²) < 4.78 is 0. The Morgan fingerprint density at radius 3 is 2.67 bits per heavy atom. The fraction of sp³-hybridized carbons (Fsp3) is 0.625. The number of benzene rings is 1. The van der Waals surface area contributed by atoms with Crippen LogP contribution >= 0.6 is 0 Å². The second-order valence-corrected chi connectivity index (χ2v) is 5.62. The van der Waals surface area contributed by atoms with Crippen molar-refractivity contribution in [3.05, 3.63) is 34.9 Å². The summed E-state index contributed by atoms with van der Waals surface area (Å²) in [5.74, 6) is 0.693. The molecular formula is C16H28N2. The molecule has 0 spiro atoms. The van der Waals surface area contributed by atoms with Crippen LogP contribution in [0.2, 0.25) is 0 Å². The normalized spacial score (nSPS) is 13.0. The Morgan fingerprint density at radius 1 is 1.28 bits per heavy atom. The first-order valence-corrected chi connectivity index (χ1v) is 6.97. The van der Waals surface area contributed by atoms with Gasteiger partial charge < -0.3 is 10.6 Å². The molecule has 0 amide bonds. The molecule has 0 saturated carbocycles. The van der Waals surface area contributed by atoms with Gasteiger partial charge in [-0.25, -0.2) is 0 Å². The van der Waals surface area contributed by atoms with Crippen LogP contribution in [0.25, 0.3) is 0 Å².